The minimum atomic E-state index is -0.311. The molecule has 0 bridgehead atoms. The quantitative estimate of drug-likeness (QED) is 0.607. The van der Waals surface area contributed by atoms with Gasteiger partial charge in [-0.1, -0.05) is 0 Å². The monoisotopic (exact) mass is 172 g/mol. The van der Waals surface area contributed by atoms with Gasteiger partial charge in [-0.3, -0.25) is 0 Å². The second kappa shape index (κ2) is 3.09. The lowest BCUT2D eigenvalue weighted by Crippen LogP contribution is -2.02. The molecule has 11 heavy (non-hydrogen) atoms. The van der Waals surface area contributed by atoms with Crippen molar-refractivity contribution >= 4 is 11.6 Å². The molecule has 2 nitrogen and oxygen atoms in total. The van der Waals surface area contributed by atoms with E-state index in [4.69, 9.17) is 16.0 Å². The number of aryl methyl sites for hydroxylation is 2. The van der Waals surface area contributed by atoms with Crippen LogP contribution in [0.2, 0.25) is 0 Å². The zero-order chi connectivity index (χ0) is 8.43. The van der Waals surface area contributed by atoms with Crippen LogP contribution in [0.15, 0.2) is 15.3 Å². The maximum absolute atomic E-state index is 10.8. The van der Waals surface area contributed by atoms with Crippen LogP contribution in [0.25, 0.3) is 0 Å². The maximum Gasteiger partial charge on any atom is 0.336 e. The summed E-state index contributed by atoms with van der Waals surface area (Å²) in [6.07, 6.45) is 0. The summed E-state index contributed by atoms with van der Waals surface area (Å²) in [7, 11) is 0. The SMILES string of the molecule is Cc1cc(=O)oc(C)c1CCl. The molecule has 0 N–H and O–H groups in total. The first-order valence-electron chi connectivity index (χ1n) is 3.31. The molecule has 3 heteroatoms. The third kappa shape index (κ3) is 1.63. The van der Waals surface area contributed by atoms with Gasteiger partial charge in [0.25, 0.3) is 0 Å². The summed E-state index contributed by atoms with van der Waals surface area (Å²) >= 11 is 5.63. The highest BCUT2D eigenvalue weighted by Crippen LogP contribution is 2.12. The van der Waals surface area contributed by atoms with Crippen LogP contribution in [0.1, 0.15) is 16.9 Å². The highest BCUT2D eigenvalue weighted by atomic mass is 35.5. The Hall–Kier alpha value is -0.760. The number of halogens is 1. The van der Waals surface area contributed by atoms with Crippen LogP contribution in [0.5, 0.6) is 0 Å². The molecule has 0 atom stereocenters. The molecule has 0 radical (unpaired) electrons. The van der Waals surface area contributed by atoms with Gasteiger partial charge in [0.05, 0.1) is 5.88 Å². The van der Waals surface area contributed by atoms with Crippen molar-refractivity contribution in [1.29, 1.82) is 0 Å². The first kappa shape index (κ1) is 8.34. The molecule has 0 spiro atoms. The zero-order valence-electron chi connectivity index (χ0n) is 6.48. The fourth-order valence-corrected chi connectivity index (χ4v) is 1.38. The van der Waals surface area contributed by atoms with Gasteiger partial charge in [-0.15, -0.1) is 11.6 Å². The van der Waals surface area contributed by atoms with Crippen LogP contribution in [-0.2, 0) is 5.88 Å². The summed E-state index contributed by atoms with van der Waals surface area (Å²) < 4.78 is 4.84. The Morgan fingerprint density at radius 2 is 2.18 bits per heavy atom. The van der Waals surface area contributed by atoms with Crippen molar-refractivity contribution in [2.45, 2.75) is 19.7 Å². The minimum Gasteiger partial charge on any atom is -0.428 e. The van der Waals surface area contributed by atoms with Gasteiger partial charge in [0.2, 0.25) is 0 Å². The lowest BCUT2D eigenvalue weighted by molar-refractivity contribution is 0.473. The normalized spacial score (nSPS) is 10.1. The number of hydrogen-bond donors (Lipinski definition) is 0. The first-order chi connectivity index (χ1) is 5.15. The van der Waals surface area contributed by atoms with Crippen molar-refractivity contribution < 1.29 is 4.42 Å². The van der Waals surface area contributed by atoms with E-state index < -0.39 is 0 Å². The van der Waals surface area contributed by atoms with Gasteiger partial charge in [-0.05, 0) is 19.4 Å². The van der Waals surface area contributed by atoms with Gasteiger partial charge in [-0.25, -0.2) is 4.79 Å². The smallest absolute Gasteiger partial charge is 0.336 e. The van der Waals surface area contributed by atoms with E-state index in [-0.39, 0.29) is 5.63 Å². The molecule has 0 fully saturated rings. The number of hydrogen-bond acceptors (Lipinski definition) is 2. The van der Waals surface area contributed by atoms with E-state index in [2.05, 4.69) is 0 Å². The van der Waals surface area contributed by atoms with E-state index >= 15 is 0 Å². The minimum absolute atomic E-state index is 0.311. The van der Waals surface area contributed by atoms with Crippen molar-refractivity contribution in [3.63, 3.8) is 0 Å². The molecule has 0 aliphatic rings. The molecule has 1 rings (SSSR count). The van der Waals surface area contributed by atoms with Crippen LogP contribution in [0.4, 0.5) is 0 Å². The average molecular weight is 173 g/mol. The number of rotatable bonds is 1. The molecule has 0 unspecified atom stereocenters. The van der Waals surface area contributed by atoms with E-state index in [1.807, 2.05) is 6.92 Å². The topological polar surface area (TPSA) is 30.2 Å². The summed E-state index contributed by atoms with van der Waals surface area (Å²) in [5, 5.41) is 0. The molecule has 1 aromatic heterocycles. The average Bonchev–Trinajstić information content (AvgIpc) is 1.85. The molecule has 0 aliphatic heterocycles. The fourth-order valence-electron chi connectivity index (χ4n) is 0.983. The summed E-state index contributed by atoms with van der Waals surface area (Å²) in [6.45, 7) is 3.59. The van der Waals surface area contributed by atoms with Crippen molar-refractivity contribution in [3.05, 3.63) is 33.4 Å². The van der Waals surface area contributed by atoms with Crippen LogP contribution in [-0.4, -0.2) is 0 Å². The molecule has 0 saturated carbocycles. The van der Waals surface area contributed by atoms with Crippen molar-refractivity contribution in [2.24, 2.45) is 0 Å². The standard InChI is InChI=1S/C8H9ClO2/c1-5-3-8(10)11-6(2)7(5)4-9/h3H,4H2,1-2H3. The molecule has 0 amide bonds. The summed E-state index contributed by atoms with van der Waals surface area (Å²) in [6, 6.07) is 1.45. The van der Waals surface area contributed by atoms with Gasteiger partial charge < -0.3 is 4.42 Å². The highest BCUT2D eigenvalue weighted by Gasteiger charge is 2.03. The van der Waals surface area contributed by atoms with Gasteiger partial charge in [-0.2, -0.15) is 0 Å². The number of alkyl halides is 1. The maximum atomic E-state index is 10.8. The van der Waals surface area contributed by atoms with E-state index in [0.717, 1.165) is 11.1 Å². The Morgan fingerprint density at radius 3 is 2.64 bits per heavy atom. The van der Waals surface area contributed by atoms with Crippen LogP contribution in [0, 0.1) is 13.8 Å². The van der Waals surface area contributed by atoms with Gasteiger partial charge in [0, 0.05) is 11.6 Å². The fraction of sp³-hybridized carbons (Fsp3) is 0.375. The molecular weight excluding hydrogens is 164 g/mol. The van der Waals surface area contributed by atoms with Gasteiger partial charge >= 0.3 is 5.63 Å². The summed E-state index contributed by atoms with van der Waals surface area (Å²) in [5.41, 5.74) is 1.49. The van der Waals surface area contributed by atoms with Crippen molar-refractivity contribution in [3.8, 4) is 0 Å². The Morgan fingerprint density at radius 1 is 1.55 bits per heavy atom. The van der Waals surface area contributed by atoms with E-state index in [9.17, 15) is 4.79 Å². The first-order valence-corrected chi connectivity index (χ1v) is 3.85. The lowest BCUT2D eigenvalue weighted by Gasteiger charge is -2.02. The predicted octanol–water partition coefficient (Wildman–Crippen LogP) is 2.00. The molecular formula is C8H9ClO2. The van der Waals surface area contributed by atoms with Crippen molar-refractivity contribution in [2.75, 3.05) is 0 Å². The Balaban J connectivity index is 3.36. The summed E-state index contributed by atoms with van der Waals surface area (Å²) in [5.74, 6) is 1.01. The van der Waals surface area contributed by atoms with Crippen LogP contribution in [0.3, 0.4) is 0 Å². The molecule has 0 aromatic carbocycles. The van der Waals surface area contributed by atoms with Gasteiger partial charge in [0.15, 0.2) is 0 Å². The van der Waals surface area contributed by atoms with E-state index in [1.54, 1.807) is 6.92 Å². The van der Waals surface area contributed by atoms with Crippen molar-refractivity contribution in [1.82, 2.24) is 0 Å². The van der Waals surface area contributed by atoms with Crippen LogP contribution >= 0.6 is 11.6 Å². The Bertz CT molecular complexity index is 288. The molecule has 60 valence electrons. The van der Waals surface area contributed by atoms with Crippen LogP contribution < -0.4 is 5.63 Å². The third-order valence-electron chi connectivity index (χ3n) is 1.62. The molecule has 1 aromatic rings. The zero-order valence-corrected chi connectivity index (χ0v) is 7.23. The second-order valence-electron chi connectivity index (χ2n) is 2.42. The molecule has 1 heterocycles. The summed E-state index contributed by atoms with van der Waals surface area (Å²) in [4.78, 5) is 10.8. The lowest BCUT2D eigenvalue weighted by atomic mass is 10.1. The third-order valence-corrected chi connectivity index (χ3v) is 1.89. The predicted molar refractivity (Wildman–Crippen MR) is 44.0 cm³/mol. The highest BCUT2D eigenvalue weighted by molar-refractivity contribution is 6.17. The Kier molecular flexibility index (Phi) is 2.35. The molecule has 0 saturated heterocycles. The van der Waals surface area contributed by atoms with Gasteiger partial charge in [0.1, 0.15) is 5.76 Å². The van der Waals surface area contributed by atoms with E-state index in [1.165, 1.54) is 6.07 Å². The largest absolute Gasteiger partial charge is 0.428 e. The van der Waals surface area contributed by atoms with E-state index in [0.29, 0.717) is 11.6 Å². The Labute approximate surface area is 69.8 Å². The second-order valence-corrected chi connectivity index (χ2v) is 2.68. The molecule has 0 aliphatic carbocycles.